The summed E-state index contributed by atoms with van der Waals surface area (Å²) in [5.74, 6) is -0.103. The predicted octanol–water partition coefficient (Wildman–Crippen LogP) is 3.03. The summed E-state index contributed by atoms with van der Waals surface area (Å²) in [4.78, 5) is 33.1. The van der Waals surface area contributed by atoms with Crippen LogP contribution in [-0.4, -0.2) is 68.1 Å². The lowest BCUT2D eigenvalue weighted by atomic mass is 10.1. The lowest BCUT2D eigenvalue weighted by molar-refractivity contribution is -0.126. The van der Waals surface area contributed by atoms with Gasteiger partial charge < -0.3 is 24.3 Å². The van der Waals surface area contributed by atoms with E-state index in [4.69, 9.17) is 9.47 Å². The molecule has 1 saturated heterocycles. The Kier molecular flexibility index (Phi) is 6.23. The summed E-state index contributed by atoms with van der Waals surface area (Å²) in [7, 11) is 1.64. The van der Waals surface area contributed by atoms with Gasteiger partial charge in [-0.1, -0.05) is 30.3 Å². The van der Waals surface area contributed by atoms with Gasteiger partial charge in [-0.25, -0.2) is 0 Å². The fourth-order valence-electron chi connectivity index (χ4n) is 4.05. The Morgan fingerprint density at radius 3 is 2.45 bits per heavy atom. The van der Waals surface area contributed by atoms with Crippen molar-refractivity contribution < 1.29 is 19.1 Å². The number of methoxy groups -OCH3 is 1. The molecule has 0 aliphatic carbocycles. The van der Waals surface area contributed by atoms with Crippen molar-refractivity contribution in [3.05, 3.63) is 59.8 Å². The normalized spacial score (nSPS) is 14.1. The number of Topliss-reactive ketones (excluding diaryl/α,β-unsaturated/α-hetero) is 1. The molecular formula is C24H27N3O4. The highest BCUT2D eigenvalue weighted by atomic mass is 16.5. The van der Waals surface area contributed by atoms with Gasteiger partial charge in [0.25, 0.3) is 11.7 Å². The number of fused-ring (bicyclic) bond motifs is 1. The third kappa shape index (κ3) is 4.27. The van der Waals surface area contributed by atoms with Gasteiger partial charge in [-0.2, -0.15) is 0 Å². The molecule has 0 unspecified atom stereocenters. The van der Waals surface area contributed by atoms with Crippen LogP contribution in [-0.2, 0) is 9.53 Å². The average molecular weight is 421 g/mol. The van der Waals surface area contributed by atoms with Crippen LogP contribution in [0.3, 0.4) is 0 Å². The molecule has 4 rings (SSSR count). The molecule has 31 heavy (non-hydrogen) atoms. The molecule has 1 aliphatic rings. The first-order chi connectivity index (χ1) is 15.1. The van der Waals surface area contributed by atoms with Crippen LogP contribution in [0.1, 0.15) is 16.1 Å². The number of rotatable bonds is 7. The second kappa shape index (κ2) is 9.22. The number of carbonyl (C=O) groups is 2. The summed E-state index contributed by atoms with van der Waals surface area (Å²) in [6.45, 7) is 5.07. The van der Waals surface area contributed by atoms with Gasteiger partial charge in [0.15, 0.2) is 0 Å². The van der Waals surface area contributed by atoms with E-state index in [2.05, 4.69) is 9.88 Å². The Bertz CT molecular complexity index is 1080. The van der Waals surface area contributed by atoms with Crippen LogP contribution in [0.2, 0.25) is 0 Å². The van der Waals surface area contributed by atoms with Crippen LogP contribution in [0.25, 0.3) is 10.9 Å². The first kappa shape index (κ1) is 20.9. The van der Waals surface area contributed by atoms with Crippen molar-refractivity contribution in [1.29, 1.82) is 0 Å². The van der Waals surface area contributed by atoms with Crippen molar-refractivity contribution in [1.82, 2.24) is 9.88 Å². The molecule has 7 nitrogen and oxygen atoms in total. The van der Waals surface area contributed by atoms with Gasteiger partial charge >= 0.3 is 0 Å². The van der Waals surface area contributed by atoms with E-state index in [9.17, 15) is 9.59 Å². The van der Waals surface area contributed by atoms with Crippen molar-refractivity contribution in [2.75, 3.05) is 51.4 Å². The molecule has 0 atom stereocenters. The van der Waals surface area contributed by atoms with E-state index in [0.717, 1.165) is 28.0 Å². The van der Waals surface area contributed by atoms with E-state index in [1.54, 1.807) is 12.0 Å². The van der Waals surface area contributed by atoms with Crippen LogP contribution in [0.5, 0.6) is 5.75 Å². The third-order valence-electron chi connectivity index (χ3n) is 5.63. The largest absolute Gasteiger partial charge is 0.489 e. The number of benzene rings is 2. The summed E-state index contributed by atoms with van der Waals surface area (Å²) >= 11 is 0. The number of ketones is 1. The van der Waals surface area contributed by atoms with Crippen molar-refractivity contribution in [2.24, 2.45) is 0 Å². The van der Waals surface area contributed by atoms with Gasteiger partial charge in [0, 0.05) is 49.9 Å². The average Bonchev–Trinajstić information content (AvgIpc) is 3.14. The number of hydrogen-bond donors (Lipinski definition) is 1. The third-order valence-corrected chi connectivity index (χ3v) is 5.63. The van der Waals surface area contributed by atoms with Crippen LogP contribution < -0.4 is 9.64 Å². The highest BCUT2D eigenvalue weighted by molar-refractivity contribution is 6.45. The predicted molar refractivity (Wildman–Crippen MR) is 120 cm³/mol. The highest BCUT2D eigenvalue weighted by Crippen LogP contribution is 2.29. The van der Waals surface area contributed by atoms with Crippen molar-refractivity contribution in [2.45, 2.75) is 6.92 Å². The Balaban J connectivity index is 1.44. The van der Waals surface area contributed by atoms with Crippen molar-refractivity contribution in [3.63, 3.8) is 0 Å². The molecule has 0 saturated carbocycles. The lowest BCUT2D eigenvalue weighted by Crippen LogP contribution is -2.50. The molecule has 2 heterocycles. The monoisotopic (exact) mass is 421 g/mol. The minimum absolute atomic E-state index is 0.447. The van der Waals surface area contributed by atoms with E-state index in [0.29, 0.717) is 45.0 Å². The smallest absolute Gasteiger partial charge is 0.295 e. The molecule has 0 radical (unpaired) electrons. The molecule has 1 aromatic heterocycles. The Morgan fingerprint density at radius 2 is 1.68 bits per heavy atom. The van der Waals surface area contributed by atoms with Gasteiger partial charge in [-0.15, -0.1) is 0 Å². The number of aryl methyl sites for hydroxylation is 1. The maximum Gasteiger partial charge on any atom is 0.295 e. The van der Waals surface area contributed by atoms with Crippen LogP contribution in [0.15, 0.2) is 48.5 Å². The Morgan fingerprint density at radius 1 is 0.968 bits per heavy atom. The first-order valence-corrected chi connectivity index (χ1v) is 10.5. The maximum atomic E-state index is 13.0. The second-order valence-corrected chi connectivity index (χ2v) is 7.59. The van der Waals surface area contributed by atoms with Gasteiger partial charge in [-0.05, 0) is 25.1 Å². The first-order valence-electron chi connectivity index (χ1n) is 10.5. The number of carbonyl (C=O) groups excluding carboxylic acids is 2. The number of amides is 1. The minimum atomic E-state index is -0.452. The van der Waals surface area contributed by atoms with E-state index < -0.39 is 11.7 Å². The molecule has 1 N–H and O–H groups in total. The van der Waals surface area contributed by atoms with Crippen molar-refractivity contribution >= 4 is 28.3 Å². The highest BCUT2D eigenvalue weighted by Gasteiger charge is 2.30. The molecular weight excluding hydrogens is 394 g/mol. The number of H-pyrrole nitrogens is 1. The van der Waals surface area contributed by atoms with E-state index in [1.165, 1.54) is 0 Å². The van der Waals surface area contributed by atoms with Crippen LogP contribution in [0, 0.1) is 6.92 Å². The quantitative estimate of drug-likeness (QED) is 0.361. The zero-order valence-corrected chi connectivity index (χ0v) is 17.9. The number of nitrogens with one attached hydrogen (secondary N) is 1. The fraction of sp³-hybridized carbons (Fsp3) is 0.333. The van der Waals surface area contributed by atoms with E-state index >= 15 is 0 Å². The maximum absolute atomic E-state index is 13.0. The van der Waals surface area contributed by atoms with Crippen molar-refractivity contribution in [3.8, 4) is 5.75 Å². The van der Waals surface area contributed by atoms with Gasteiger partial charge in [-0.3, -0.25) is 9.59 Å². The van der Waals surface area contributed by atoms with E-state index in [-0.39, 0.29) is 0 Å². The summed E-state index contributed by atoms with van der Waals surface area (Å²) in [6, 6.07) is 15.4. The standard InChI is InChI=1S/C24H27N3O4/c1-17-22(18-7-3-4-8-19(18)25-17)23(28)24(29)27-13-11-26(12-14-27)20-9-5-6-10-21(20)31-16-15-30-2/h3-10,25H,11-16H2,1-2H3. The zero-order chi connectivity index (χ0) is 21.8. The van der Waals surface area contributed by atoms with E-state index in [1.807, 2.05) is 55.5 Å². The van der Waals surface area contributed by atoms with Crippen LogP contribution in [0.4, 0.5) is 5.69 Å². The number of aromatic amines is 1. The Hall–Kier alpha value is -3.32. The molecule has 7 heteroatoms. The number of anilines is 1. The summed E-state index contributed by atoms with van der Waals surface area (Å²) in [5, 5.41) is 0.791. The number of piperazine rings is 1. The zero-order valence-electron chi connectivity index (χ0n) is 17.9. The lowest BCUT2D eigenvalue weighted by Gasteiger charge is -2.36. The number of aromatic nitrogens is 1. The molecule has 162 valence electrons. The fourth-order valence-corrected chi connectivity index (χ4v) is 4.05. The van der Waals surface area contributed by atoms with Gasteiger partial charge in [0.2, 0.25) is 0 Å². The summed E-state index contributed by atoms with van der Waals surface area (Å²) in [6.07, 6.45) is 0. The minimum Gasteiger partial charge on any atom is -0.489 e. The molecule has 0 spiro atoms. The molecule has 0 bridgehead atoms. The molecule has 3 aromatic rings. The molecule has 1 amide bonds. The Labute approximate surface area is 181 Å². The molecule has 2 aromatic carbocycles. The topological polar surface area (TPSA) is 74.9 Å². The number of ether oxygens (including phenoxy) is 2. The summed E-state index contributed by atoms with van der Waals surface area (Å²) in [5.41, 5.74) is 3.05. The van der Waals surface area contributed by atoms with Gasteiger partial charge in [0.1, 0.15) is 12.4 Å². The SMILES string of the molecule is COCCOc1ccccc1N1CCN(C(=O)C(=O)c2c(C)[nH]c3ccccc23)CC1. The molecule has 1 fully saturated rings. The number of nitrogens with zero attached hydrogens (tertiary/aromatic N) is 2. The summed E-state index contributed by atoms with van der Waals surface area (Å²) < 4.78 is 10.9. The molecule has 1 aliphatic heterocycles. The van der Waals surface area contributed by atoms with Crippen LogP contribution >= 0.6 is 0 Å². The second-order valence-electron chi connectivity index (χ2n) is 7.59. The number of hydrogen-bond acceptors (Lipinski definition) is 5. The van der Waals surface area contributed by atoms with Gasteiger partial charge in [0.05, 0.1) is 17.9 Å². The number of para-hydroxylation sites is 3.